The van der Waals surface area contributed by atoms with Gasteiger partial charge in [0.25, 0.3) is 0 Å². The van der Waals surface area contributed by atoms with Crippen molar-refractivity contribution in [3.63, 3.8) is 0 Å². The zero-order valence-corrected chi connectivity index (χ0v) is 15.3. The van der Waals surface area contributed by atoms with Crippen LogP contribution in [0.5, 0.6) is 5.75 Å². The molecule has 3 aromatic rings. The molecule has 1 saturated heterocycles. The van der Waals surface area contributed by atoms with Crippen molar-refractivity contribution in [1.82, 2.24) is 19.5 Å². The summed E-state index contributed by atoms with van der Waals surface area (Å²) >= 11 is -0.502. The fourth-order valence-corrected chi connectivity index (χ4v) is 5.26. The van der Waals surface area contributed by atoms with Gasteiger partial charge in [-0.2, -0.15) is 0 Å². The summed E-state index contributed by atoms with van der Waals surface area (Å²) in [6.07, 6.45) is 6.80. The number of fused-ring (bicyclic) bond motifs is 1. The van der Waals surface area contributed by atoms with Gasteiger partial charge >= 0.3 is 146 Å². The van der Waals surface area contributed by atoms with Gasteiger partial charge in [-0.15, -0.1) is 0 Å². The molecule has 0 bridgehead atoms. The summed E-state index contributed by atoms with van der Waals surface area (Å²) in [7, 11) is 0. The normalized spacial score (nSPS) is 18.6. The van der Waals surface area contributed by atoms with Crippen LogP contribution in [0.3, 0.4) is 0 Å². The van der Waals surface area contributed by atoms with Crippen molar-refractivity contribution in [1.29, 1.82) is 0 Å². The Morgan fingerprint density at radius 1 is 1.25 bits per heavy atom. The molecule has 0 amide bonds. The van der Waals surface area contributed by atoms with Crippen LogP contribution in [-0.4, -0.2) is 47.0 Å². The summed E-state index contributed by atoms with van der Waals surface area (Å²) in [5.41, 5.74) is 2.90. The molecule has 1 aliphatic heterocycles. The number of nitrogens with zero attached hydrogens (tertiary/aromatic N) is 4. The standard InChI is InChI=1S/C17H19AsN4O2/c23-13-5-3-4-12(8-13)9-18-16-15-17(20-10-19-16)22(11-21-15)14-6-1-2-7-24-14/h3-5,8,10-11,14,18,23H,1-2,6-7,9H2. The second-order valence-electron chi connectivity index (χ2n) is 5.89. The van der Waals surface area contributed by atoms with Gasteiger partial charge in [-0.3, -0.25) is 0 Å². The van der Waals surface area contributed by atoms with Crippen LogP contribution in [0.1, 0.15) is 31.1 Å². The summed E-state index contributed by atoms with van der Waals surface area (Å²) in [6, 6.07) is 7.42. The molecule has 4 rings (SSSR count). The maximum atomic E-state index is 9.59. The van der Waals surface area contributed by atoms with E-state index in [0.717, 1.165) is 45.9 Å². The molecule has 7 heteroatoms. The van der Waals surface area contributed by atoms with E-state index in [1.807, 2.05) is 29.1 Å². The fraction of sp³-hybridized carbons (Fsp3) is 0.353. The molecule has 0 spiro atoms. The Kier molecular flexibility index (Phi) is 4.49. The molecular formula is C17H19AsN4O2. The van der Waals surface area contributed by atoms with Crippen LogP contribution in [0.25, 0.3) is 11.2 Å². The number of hydrogen-bond donors (Lipinski definition) is 1. The van der Waals surface area contributed by atoms with Crippen LogP contribution >= 0.6 is 0 Å². The molecule has 3 heterocycles. The molecule has 0 aliphatic carbocycles. The van der Waals surface area contributed by atoms with E-state index in [4.69, 9.17) is 4.74 Å². The first-order chi connectivity index (χ1) is 11.8. The van der Waals surface area contributed by atoms with Gasteiger partial charge in [0.05, 0.1) is 0 Å². The maximum absolute atomic E-state index is 9.59. The number of aromatic nitrogens is 4. The molecule has 0 saturated carbocycles. The summed E-state index contributed by atoms with van der Waals surface area (Å²) in [5, 5.41) is 10.5. The predicted molar refractivity (Wildman–Crippen MR) is 92.8 cm³/mol. The van der Waals surface area contributed by atoms with Crippen molar-refractivity contribution in [3.05, 3.63) is 42.5 Å². The van der Waals surface area contributed by atoms with Crippen molar-refractivity contribution in [2.24, 2.45) is 0 Å². The Balaban J connectivity index is 1.58. The number of hydrogen-bond acceptors (Lipinski definition) is 5. The number of rotatable bonds is 4. The van der Waals surface area contributed by atoms with Gasteiger partial charge in [-0.25, -0.2) is 0 Å². The molecule has 2 unspecified atom stereocenters. The van der Waals surface area contributed by atoms with Gasteiger partial charge in [-0.1, -0.05) is 0 Å². The fourth-order valence-electron chi connectivity index (χ4n) is 2.99. The van der Waals surface area contributed by atoms with E-state index in [1.165, 1.54) is 6.42 Å². The van der Waals surface area contributed by atoms with Gasteiger partial charge < -0.3 is 0 Å². The second kappa shape index (κ2) is 6.91. The van der Waals surface area contributed by atoms with Crippen LogP contribution in [0.4, 0.5) is 0 Å². The molecule has 1 fully saturated rings. The molecule has 24 heavy (non-hydrogen) atoms. The van der Waals surface area contributed by atoms with Gasteiger partial charge in [0.2, 0.25) is 0 Å². The molecule has 1 aromatic carbocycles. The van der Waals surface area contributed by atoms with E-state index in [0.29, 0.717) is 5.75 Å². The van der Waals surface area contributed by atoms with Crippen LogP contribution in [0.15, 0.2) is 36.9 Å². The molecule has 0 radical (unpaired) electrons. The van der Waals surface area contributed by atoms with E-state index >= 15 is 0 Å². The molecule has 2 atom stereocenters. The average molecular weight is 386 g/mol. The third-order valence-corrected chi connectivity index (χ3v) is 6.89. The van der Waals surface area contributed by atoms with Crippen molar-refractivity contribution >= 4 is 31.4 Å². The van der Waals surface area contributed by atoms with Crippen molar-refractivity contribution in [3.8, 4) is 5.75 Å². The number of benzene rings is 1. The Morgan fingerprint density at radius 3 is 3.04 bits per heavy atom. The number of imidazole rings is 1. The molecular weight excluding hydrogens is 367 g/mol. The van der Waals surface area contributed by atoms with E-state index in [9.17, 15) is 5.11 Å². The molecule has 1 N–H and O–H groups in total. The van der Waals surface area contributed by atoms with E-state index < -0.39 is 15.8 Å². The first-order valence-corrected chi connectivity index (χ1v) is 10.7. The number of ether oxygens (including phenoxy) is 1. The summed E-state index contributed by atoms with van der Waals surface area (Å²) in [4.78, 5) is 13.5. The van der Waals surface area contributed by atoms with Crippen LogP contribution < -0.4 is 4.48 Å². The zero-order valence-electron chi connectivity index (χ0n) is 13.2. The Bertz CT molecular complexity index is 845. The zero-order chi connectivity index (χ0) is 16.4. The second-order valence-corrected chi connectivity index (χ2v) is 8.37. The average Bonchev–Trinajstić information content (AvgIpc) is 3.05. The minimum absolute atomic E-state index is 0.0394. The SMILES string of the molecule is Oc1cccc(C[AsH]c2ncnc3c2ncn3C2CCCCO2)c1. The predicted octanol–water partition coefficient (Wildman–Crippen LogP) is 1.49. The summed E-state index contributed by atoms with van der Waals surface area (Å²) in [5.74, 6) is 0.311. The van der Waals surface area contributed by atoms with Gasteiger partial charge in [-0.05, 0) is 0 Å². The molecule has 1 aliphatic rings. The first kappa shape index (κ1) is 15.6. The molecule has 124 valence electrons. The Labute approximate surface area is 146 Å². The van der Waals surface area contributed by atoms with Gasteiger partial charge in [0.15, 0.2) is 0 Å². The van der Waals surface area contributed by atoms with Gasteiger partial charge in [0.1, 0.15) is 0 Å². The number of aromatic hydroxyl groups is 1. The topological polar surface area (TPSA) is 73.1 Å². The minimum atomic E-state index is -0.502. The van der Waals surface area contributed by atoms with Crippen LogP contribution in [0.2, 0.25) is 0 Å². The van der Waals surface area contributed by atoms with Gasteiger partial charge in [0, 0.05) is 0 Å². The Morgan fingerprint density at radius 2 is 2.21 bits per heavy atom. The number of phenolic OH excluding ortho intramolecular Hbond substituents is 1. The van der Waals surface area contributed by atoms with Crippen molar-refractivity contribution < 1.29 is 9.84 Å². The van der Waals surface area contributed by atoms with E-state index in [-0.39, 0.29) is 6.23 Å². The van der Waals surface area contributed by atoms with Crippen molar-refractivity contribution in [2.75, 3.05) is 6.61 Å². The number of phenols is 1. The van der Waals surface area contributed by atoms with Crippen LogP contribution in [-0.2, 0) is 9.95 Å². The van der Waals surface area contributed by atoms with E-state index in [2.05, 4.69) is 15.0 Å². The first-order valence-electron chi connectivity index (χ1n) is 8.12. The third-order valence-electron chi connectivity index (χ3n) is 4.20. The third kappa shape index (κ3) is 3.17. The molecule has 2 aromatic heterocycles. The summed E-state index contributed by atoms with van der Waals surface area (Å²) in [6.45, 7) is 0.799. The summed E-state index contributed by atoms with van der Waals surface area (Å²) < 4.78 is 8.95. The quantitative estimate of drug-likeness (QED) is 0.688. The van der Waals surface area contributed by atoms with E-state index in [1.54, 1.807) is 12.4 Å². The van der Waals surface area contributed by atoms with Crippen LogP contribution in [0, 0.1) is 0 Å². The molecule has 6 nitrogen and oxygen atoms in total. The van der Waals surface area contributed by atoms with Crippen molar-refractivity contribution in [2.45, 2.75) is 30.7 Å². The monoisotopic (exact) mass is 386 g/mol. The Hall–Kier alpha value is -1.91.